The first kappa shape index (κ1) is 18.2. The summed E-state index contributed by atoms with van der Waals surface area (Å²) in [6, 6.07) is 5.20. The predicted octanol–water partition coefficient (Wildman–Crippen LogP) is 3.13. The molecule has 1 aromatic rings. The molecule has 130 valence electrons. The first-order chi connectivity index (χ1) is 11.2. The summed E-state index contributed by atoms with van der Waals surface area (Å²) in [5, 5.41) is 0. The Kier molecular flexibility index (Phi) is 5.11. The van der Waals surface area contributed by atoms with Gasteiger partial charge in [-0.2, -0.15) is 0 Å². The molecule has 2 rings (SSSR count). The number of benzene rings is 1. The molecule has 1 aromatic carbocycles. The normalized spacial score (nSPS) is 19.8. The van der Waals surface area contributed by atoms with E-state index in [0.29, 0.717) is 30.6 Å². The van der Waals surface area contributed by atoms with Crippen LogP contribution in [0, 0.1) is 5.41 Å². The lowest BCUT2D eigenvalue weighted by atomic mass is 9.78. The van der Waals surface area contributed by atoms with Gasteiger partial charge in [0.25, 0.3) is 0 Å². The number of ether oxygens (including phenoxy) is 2. The van der Waals surface area contributed by atoms with Crippen molar-refractivity contribution in [1.29, 1.82) is 0 Å². The van der Waals surface area contributed by atoms with Gasteiger partial charge in [-0.05, 0) is 63.8 Å². The van der Waals surface area contributed by atoms with Crippen LogP contribution >= 0.6 is 0 Å². The van der Waals surface area contributed by atoms with Crippen molar-refractivity contribution in [1.82, 2.24) is 0 Å². The summed E-state index contributed by atoms with van der Waals surface area (Å²) in [5.74, 6) is -0.0872. The second kappa shape index (κ2) is 6.75. The molecular formula is C19H24O5. The molecule has 5 nitrogen and oxygen atoms in total. The largest absolute Gasteiger partial charge is 0.497 e. The molecule has 1 aliphatic rings. The quantitative estimate of drug-likeness (QED) is 0.346. The summed E-state index contributed by atoms with van der Waals surface area (Å²) in [7, 11) is 1.56. The molecule has 0 saturated heterocycles. The Morgan fingerprint density at radius 3 is 2.62 bits per heavy atom. The van der Waals surface area contributed by atoms with E-state index in [2.05, 4.69) is 0 Å². The number of hydrogen-bond donors (Lipinski definition) is 0. The number of ketones is 1. The molecule has 0 aliphatic heterocycles. The van der Waals surface area contributed by atoms with E-state index < -0.39 is 17.0 Å². The van der Waals surface area contributed by atoms with Gasteiger partial charge in [-0.3, -0.25) is 9.59 Å². The fraction of sp³-hybridized carbons (Fsp3) is 0.526. The molecule has 0 spiro atoms. The van der Waals surface area contributed by atoms with Gasteiger partial charge in [-0.25, -0.2) is 0 Å². The molecule has 0 amide bonds. The van der Waals surface area contributed by atoms with Crippen molar-refractivity contribution >= 4 is 18.0 Å². The van der Waals surface area contributed by atoms with Crippen molar-refractivity contribution in [3.63, 3.8) is 0 Å². The number of hydrogen-bond acceptors (Lipinski definition) is 5. The number of unbranched alkanes of at least 4 members (excludes halogenated alkanes) is 1. The van der Waals surface area contributed by atoms with Crippen molar-refractivity contribution in [2.75, 3.05) is 7.11 Å². The van der Waals surface area contributed by atoms with E-state index >= 15 is 0 Å². The maximum absolute atomic E-state index is 13.0. The van der Waals surface area contributed by atoms with Crippen molar-refractivity contribution in [3.8, 4) is 5.75 Å². The summed E-state index contributed by atoms with van der Waals surface area (Å²) in [6.07, 6.45) is 2.18. The van der Waals surface area contributed by atoms with E-state index in [1.54, 1.807) is 46.1 Å². The third kappa shape index (κ3) is 3.50. The van der Waals surface area contributed by atoms with Crippen LogP contribution in [0.15, 0.2) is 18.2 Å². The average Bonchev–Trinajstić information content (AvgIpc) is 2.79. The Morgan fingerprint density at radius 2 is 2.04 bits per heavy atom. The van der Waals surface area contributed by atoms with E-state index in [-0.39, 0.29) is 12.2 Å². The molecule has 0 heterocycles. The molecule has 5 heteroatoms. The van der Waals surface area contributed by atoms with Crippen LogP contribution in [0.1, 0.15) is 56.0 Å². The fourth-order valence-electron chi connectivity index (χ4n) is 3.06. The van der Waals surface area contributed by atoms with Crippen molar-refractivity contribution in [2.45, 2.75) is 52.1 Å². The van der Waals surface area contributed by atoms with E-state index in [1.807, 2.05) is 0 Å². The van der Waals surface area contributed by atoms with Crippen LogP contribution in [0.3, 0.4) is 0 Å². The molecule has 0 aromatic heterocycles. The van der Waals surface area contributed by atoms with Crippen LogP contribution in [-0.2, 0) is 20.7 Å². The molecule has 0 N–H and O–H groups in total. The molecule has 24 heavy (non-hydrogen) atoms. The van der Waals surface area contributed by atoms with Gasteiger partial charge < -0.3 is 14.3 Å². The van der Waals surface area contributed by atoms with Gasteiger partial charge in [0.05, 0.1) is 7.11 Å². The second-order valence-electron chi connectivity index (χ2n) is 7.17. The smallest absolute Gasteiger partial charge is 0.320 e. The third-order valence-corrected chi connectivity index (χ3v) is 4.20. The summed E-state index contributed by atoms with van der Waals surface area (Å²) in [4.78, 5) is 36.5. The van der Waals surface area contributed by atoms with Crippen LogP contribution in [0.25, 0.3) is 0 Å². The lowest BCUT2D eigenvalue weighted by Gasteiger charge is -2.30. The van der Waals surface area contributed by atoms with E-state index in [1.165, 1.54) is 0 Å². The maximum atomic E-state index is 13.0. The van der Waals surface area contributed by atoms with Crippen molar-refractivity contribution in [3.05, 3.63) is 29.3 Å². The van der Waals surface area contributed by atoms with Crippen LogP contribution in [0.5, 0.6) is 5.75 Å². The number of rotatable bonds is 6. The molecular weight excluding hydrogens is 308 g/mol. The van der Waals surface area contributed by atoms with Gasteiger partial charge in [-0.1, -0.05) is 0 Å². The average molecular weight is 332 g/mol. The van der Waals surface area contributed by atoms with Gasteiger partial charge in [0.15, 0.2) is 5.78 Å². The molecule has 0 bridgehead atoms. The number of esters is 1. The van der Waals surface area contributed by atoms with E-state index in [0.717, 1.165) is 11.8 Å². The fourth-order valence-corrected chi connectivity index (χ4v) is 3.06. The standard InChI is InChI=1S/C19H24O5/c1-18(2,3)24-17(22)19(9-5-6-10-20)12-13-11-14(23-4)7-8-15(13)16(19)21/h7-8,10-11H,5-6,9,12H2,1-4H3/t19-/m1/s1. The Balaban J connectivity index is 2.39. The minimum absolute atomic E-state index is 0.222. The zero-order chi connectivity index (χ0) is 18.0. The van der Waals surface area contributed by atoms with Gasteiger partial charge in [0, 0.05) is 12.0 Å². The number of carbonyl (C=O) groups excluding carboxylic acids is 3. The number of aldehydes is 1. The molecule has 0 saturated carbocycles. The molecule has 0 radical (unpaired) electrons. The van der Waals surface area contributed by atoms with Crippen LogP contribution < -0.4 is 4.74 Å². The second-order valence-corrected chi connectivity index (χ2v) is 7.17. The Bertz CT molecular complexity index is 656. The van der Waals surface area contributed by atoms with Crippen LogP contribution in [0.4, 0.5) is 0 Å². The summed E-state index contributed by atoms with van der Waals surface area (Å²) in [6.45, 7) is 5.33. The molecule has 1 aliphatic carbocycles. The topological polar surface area (TPSA) is 69.7 Å². The number of carbonyl (C=O) groups is 3. The van der Waals surface area contributed by atoms with E-state index in [4.69, 9.17) is 9.47 Å². The van der Waals surface area contributed by atoms with Crippen molar-refractivity contribution in [2.24, 2.45) is 5.41 Å². The lowest BCUT2D eigenvalue weighted by Crippen LogP contribution is -2.42. The highest BCUT2D eigenvalue weighted by Crippen LogP contribution is 2.43. The minimum atomic E-state index is -1.25. The van der Waals surface area contributed by atoms with Gasteiger partial charge in [-0.15, -0.1) is 0 Å². The lowest BCUT2D eigenvalue weighted by molar-refractivity contribution is -0.164. The van der Waals surface area contributed by atoms with Crippen LogP contribution in [0.2, 0.25) is 0 Å². The Labute approximate surface area is 142 Å². The maximum Gasteiger partial charge on any atom is 0.320 e. The predicted molar refractivity (Wildman–Crippen MR) is 89.2 cm³/mol. The highest BCUT2D eigenvalue weighted by molar-refractivity contribution is 6.16. The summed E-state index contributed by atoms with van der Waals surface area (Å²) >= 11 is 0. The zero-order valence-electron chi connectivity index (χ0n) is 14.7. The van der Waals surface area contributed by atoms with E-state index in [9.17, 15) is 14.4 Å². The van der Waals surface area contributed by atoms with Gasteiger partial charge in [0.2, 0.25) is 0 Å². The number of methoxy groups -OCH3 is 1. The van der Waals surface area contributed by atoms with Gasteiger partial charge in [0.1, 0.15) is 23.1 Å². The first-order valence-corrected chi connectivity index (χ1v) is 8.12. The molecule has 0 unspecified atom stereocenters. The SMILES string of the molecule is COc1ccc2c(c1)C[C@@](CCCC=O)(C(=O)OC(C)(C)C)C2=O. The third-order valence-electron chi connectivity index (χ3n) is 4.20. The number of fused-ring (bicyclic) bond motifs is 1. The zero-order valence-corrected chi connectivity index (χ0v) is 14.7. The molecule has 1 atom stereocenters. The minimum Gasteiger partial charge on any atom is -0.497 e. The first-order valence-electron chi connectivity index (χ1n) is 8.12. The van der Waals surface area contributed by atoms with Crippen molar-refractivity contribution < 1.29 is 23.9 Å². The van der Waals surface area contributed by atoms with Crippen LogP contribution in [-0.4, -0.2) is 30.7 Å². The number of Topliss-reactive ketones (excluding diaryl/α,β-unsaturated/α-hetero) is 1. The monoisotopic (exact) mass is 332 g/mol. The summed E-state index contributed by atoms with van der Waals surface area (Å²) < 4.78 is 10.7. The Morgan fingerprint density at radius 1 is 1.33 bits per heavy atom. The highest BCUT2D eigenvalue weighted by Gasteiger charge is 2.53. The highest BCUT2D eigenvalue weighted by atomic mass is 16.6. The Hall–Kier alpha value is -2.17. The summed E-state index contributed by atoms with van der Waals surface area (Å²) in [5.41, 5.74) is -0.601. The molecule has 0 fully saturated rings. The van der Waals surface area contributed by atoms with Gasteiger partial charge >= 0.3 is 5.97 Å².